The van der Waals surface area contributed by atoms with E-state index in [4.69, 9.17) is 4.74 Å². The van der Waals surface area contributed by atoms with E-state index < -0.39 is 0 Å². The minimum absolute atomic E-state index is 0. The highest BCUT2D eigenvalue weighted by molar-refractivity contribution is 5.85. The Morgan fingerprint density at radius 1 is 1.15 bits per heavy atom. The summed E-state index contributed by atoms with van der Waals surface area (Å²) < 4.78 is 31.9. The van der Waals surface area contributed by atoms with E-state index in [2.05, 4.69) is 5.32 Å². The highest BCUT2D eigenvalue weighted by Crippen LogP contribution is 2.24. The zero-order valence-corrected chi connectivity index (χ0v) is 15.7. The van der Waals surface area contributed by atoms with E-state index in [1.54, 1.807) is 18.2 Å². The smallest absolute Gasteiger partial charge is 0.223 e. The molecule has 2 aromatic rings. The molecule has 0 spiro atoms. The van der Waals surface area contributed by atoms with E-state index in [1.165, 1.54) is 24.3 Å². The molecule has 1 amide bonds. The Morgan fingerprint density at radius 3 is 2.67 bits per heavy atom. The fourth-order valence-electron chi connectivity index (χ4n) is 3.10. The molecule has 1 aliphatic heterocycles. The fraction of sp³-hybridized carbons (Fsp3) is 0.350. The maximum Gasteiger partial charge on any atom is 0.223 e. The Morgan fingerprint density at radius 2 is 1.93 bits per heavy atom. The summed E-state index contributed by atoms with van der Waals surface area (Å²) in [6.07, 6.45) is 0.920. The van der Waals surface area contributed by atoms with Crippen molar-refractivity contribution in [1.82, 2.24) is 10.2 Å². The van der Waals surface area contributed by atoms with Crippen LogP contribution >= 0.6 is 12.4 Å². The van der Waals surface area contributed by atoms with Gasteiger partial charge in [0.2, 0.25) is 5.91 Å². The molecule has 0 aliphatic carbocycles. The second-order valence-electron chi connectivity index (χ2n) is 6.27. The third-order valence-electron chi connectivity index (χ3n) is 4.41. The molecule has 0 saturated carbocycles. The SMILES string of the molecule is Cl.O=C(CCCOc1ccc(F)cc1)N1CCNCC1c1cccc(F)c1. The van der Waals surface area contributed by atoms with Gasteiger partial charge in [-0.1, -0.05) is 12.1 Å². The lowest BCUT2D eigenvalue weighted by atomic mass is 10.0. The fourth-order valence-corrected chi connectivity index (χ4v) is 3.10. The van der Waals surface area contributed by atoms with Crippen molar-refractivity contribution in [3.05, 3.63) is 65.7 Å². The predicted molar refractivity (Wildman–Crippen MR) is 102 cm³/mol. The number of amides is 1. The Labute approximate surface area is 163 Å². The molecule has 1 aliphatic rings. The number of hydrogen-bond acceptors (Lipinski definition) is 3. The third-order valence-corrected chi connectivity index (χ3v) is 4.41. The maximum absolute atomic E-state index is 13.5. The predicted octanol–water partition coefficient (Wildman–Crippen LogP) is 3.72. The van der Waals surface area contributed by atoms with Crippen LogP contribution in [0, 0.1) is 11.6 Å². The molecule has 1 heterocycles. The average Bonchev–Trinajstić information content (AvgIpc) is 2.66. The lowest BCUT2D eigenvalue weighted by Crippen LogP contribution is -2.48. The number of piperazine rings is 1. The molecular weight excluding hydrogens is 374 g/mol. The lowest BCUT2D eigenvalue weighted by Gasteiger charge is -2.36. The molecule has 27 heavy (non-hydrogen) atoms. The highest BCUT2D eigenvalue weighted by Gasteiger charge is 2.27. The van der Waals surface area contributed by atoms with E-state index in [-0.39, 0.29) is 36.0 Å². The van der Waals surface area contributed by atoms with Gasteiger partial charge in [0.25, 0.3) is 0 Å². The van der Waals surface area contributed by atoms with Crippen molar-refractivity contribution in [2.24, 2.45) is 0 Å². The van der Waals surface area contributed by atoms with Crippen LogP contribution in [0.3, 0.4) is 0 Å². The normalized spacial score (nSPS) is 16.5. The van der Waals surface area contributed by atoms with Crippen LogP contribution in [0.2, 0.25) is 0 Å². The van der Waals surface area contributed by atoms with E-state index >= 15 is 0 Å². The standard InChI is InChI=1S/C20H22F2N2O2.ClH/c21-16-6-8-18(9-7-16)26-12-2-5-20(25)24-11-10-23-14-19(24)15-3-1-4-17(22)13-15;/h1,3-4,6-9,13,19,23H,2,5,10-12,14H2;1H. The zero-order valence-electron chi connectivity index (χ0n) is 14.9. The summed E-state index contributed by atoms with van der Waals surface area (Å²) in [6.45, 7) is 2.32. The molecule has 4 nitrogen and oxygen atoms in total. The van der Waals surface area contributed by atoms with E-state index in [0.717, 1.165) is 12.1 Å². The first-order valence-corrected chi connectivity index (χ1v) is 8.77. The number of carbonyl (C=O) groups is 1. The Kier molecular flexibility index (Phi) is 8.00. The summed E-state index contributed by atoms with van der Waals surface area (Å²) in [5, 5.41) is 3.26. The number of benzene rings is 2. The minimum atomic E-state index is -0.311. The molecule has 0 bridgehead atoms. The molecule has 1 saturated heterocycles. The molecule has 1 fully saturated rings. The Balaban J connectivity index is 0.00000261. The molecule has 3 rings (SSSR count). The van der Waals surface area contributed by atoms with Crippen molar-refractivity contribution in [2.45, 2.75) is 18.9 Å². The lowest BCUT2D eigenvalue weighted by molar-refractivity contribution is -0.134. The van der Waals surface area contributed by atoms with Gasteiger partial charge in [-0.15, -0.1) is 12.4 Å². The Hall–Kier alpha value is -2.18. The van der Waals surface area contributed by atoms with Gasteiger partial charge < -0.3 is 15.0 Å². The van der Waals surface area contributed by atoms with Crippen molar-refractivity contribution in [3.8, 4) is 5.75 Å². The quantitative estimate of drug-likeness (QED) is 0.757. The summed E-state index contributed by atoms with van der Waals surface area (Å²) >= 11 is 0. The van der Waals surface area contributed by atoms with Gasteiger partial charge in [-0.25, -0.2) is 8.78 Å². The van der Waals surface area contributed by atoms with E-state index in [1.807, 2.05) is 11.0 Å². The van der Waals surface area contributed by atoms with Gasteiger partial charge >= 0.3 is 0 Å². The number of hydrogen-bond donors (Lipinski definition) is 1. The number of nitrogens with zero attached hydrogens (tertiary/aromatic N) is 1. The van der Waals surface area contributed by atoms with E-state index in [9.17, 15) is 13.6 Å². The summed E-state index contributed by atoms with van der Waals surface area (Å²) in [6, 6.07) is 12.0. The second kappa shape index (κ2) is 10.2. The van der Waals surface area contributed by atoms with Crippen LogP contribution in [-0.2, 0) is 4.79 Å². The van der Waals surface area contributed by atoms with Crippen LogP contribution < -0.4 is 10.1 Å². The van der Waals surface area contributed by atoms with Crippen LogP contribution in [-0.4, -0.2) is 37.0 Å². The molecule has 146 valence electrons. The maximum atomic E-state index is 13.5. The first-order chi connectivity index (χ1) is 12.6. The average molecular weight is 397 g/mol. The molecule has 0 radical (unpaired) electrons. The summed E-state index contributed by atoms with van der Waals surface area (Å²) in [7, 11) is 0. The van der Waals surface area contributed by atoms with Gasteiger partial charge in [-0.3, -0.25) is 4.79 Å². The molecule has 1 unspecified atom stereocenters. The summed E-state index contributed by atoms with van der Waals surface area (Å²) in [4.78, 5) is 14.4. The van der Waals surface area contributed by atoms with Crippen molar-refractivity contribution < 1.29 is 18.3 Å². The number of halogens is 3. The molecule has 7 heteroatoms. The van der Waals surface area contributed by atoms with Gasteiger partial charge in [-0.2, -0.15) is 0 Å². The summed E-state index contributed by atoms with van der Waals surface area (Å²) in [5.41, 5.74) is 0.799. The largest absolute Gasteiger partial charge is 0.494 e. The van der Waals surface area contributed by atoms with Crippen LogP contribution in [0.15, 0.2) is 48.5 Å². The van der Waals surface area contributed by atoms with Crippen LogP contribution in [0.5, 0.6) is 5.75 Å². The second-order valence-corrected chi connectivity index (χ2v) is 6.27. The number of nitrogens with one attached hydrogen (secondary N) is 1. The van der Waals surface area contributed by atoms with Gasteiger partial charge in [0.05, 0.1) is 12.6 Å². The van der Waals surface area contributed by atoms with Crippen LogP contribution in [0.4, 0.5) is 8.78 Å². The molecule has 1 atom stereocenters. The van der Waals surface area contributed by atoms with Crippen molar-refractivity contribution in [2.75, 3.05) is 26.2 Å². The highest BCUT2D eigenvalue weighted by atomic mass is 35.5. The third kappa shape index (κ3) is 5.91. The van der Waals surface area contributed by atoms with E-state index in [0.29, 0.717) is 38.3 Å². The first kappa shape index (κ1) is 21.1. The topological polar surface area (TPSA) is 41.6 Å². The molecule has 2 aromatic carbocycles. The van der Waals surface area contributed by atoms with Gasteiger partial charge in [-0.05, 0) is 48.4 Å². The number of rotatable bonds is 6. The molecule has 0 aromatic heterocycles. The minimum Gasteiger partial charge on any atom is -0.494 e. The van der Waals surface area contributed by atoms with Gasteiger partial charge in [0, 0.05) is 26.1 Å². The molecule has 1 N–H and O–H groups in total. The number of carbonyl (C=O) groups excluding carboxylic acids is 1. The van der Waals surface area contributed by atoms with Crippen LogP contribution in [0.25, 0.3) is 0 Å². The van der Waals surface area contributed by atoms with Crippen LogP contribution in [0.1, 0.15) is 24.4 Å². The monoisotopic (exact) mass is 396 g/mol. The van der Waals surface area contributed by atoms with Crippen molar-refractivity contribution >= 4 is 18.3 Å². The van der Waals surface area contributed by atoms with Crippen molar-refractivity contribution in [3.63, 3.8) is 0 Å². The molecular formula is C20H23ClF2N2O2. The van der Waals surface area contributed by atoms with Crippen molar-refractivity contribution in [1.29, 1.82) is 0 Å². The first-order valence-electron chi connectivity index (χ1n) is 8.77. The summed E-state index contributed by atoms with van der Waals surface area (Å²) in [5.74, 6) is 0.00456. The Bertz CT molecular complexity index is 743. The number of ether oxygens (including phenoxy) is 1. The van der Waals surface area contributed by atoms with Gasteiger partial charge in [0.15, 0.2) is 0 Å². The van der Waals surface area contributed by atoms with Gasteiger partial charge in [0.1, 0.15) is 17.4 Å². The zero-order chi connectivity index (χ0) is 18.4.